The van der Waals surface area contributed by atoms with Crippen molar-refractivity contribution >= 4 is 0 Å². The number of benzene rings is 1. The molecule has 0 bridgehead atoms. The minimum Gasteiger partial charge on any atom is -0.454 e. The second-order valence-electron chi connectivity index (χ2n) is 7.12. The second kappa shape index (κ2) is 9.14. The van der Waals surface area contributed by atoms with E-state index in [1.807, 2.05) is 0 Å². The van der Waals surface area contributed by atoms with Crippen LogP contribution in [0, 0.1) is 5.92 Å². The van der Waals surface area contributed by atoms with Crippen LogP contribution < -0.4 is 14.8 Å². The standard InChI is InChI=1S/C19H32N2O2/c1-15(2)5-6-16(9-10-20-11-12-21(3)4)17-7-8-18-19(13-17)23-14-22-18/h7-8,13,15-16,20H,5-6,9-12,14H2,1-4H3/t16-/m0/s1. The predicted molar refractivity (Wildman–Crippen MR) is 95.4 cm³/mol. The van der Waals surface area contributed by atoms with Crippen molar-refractivity contribution in [3.63, 3.8) is 0 Å². The Hall–Kier alpha value is -1.26. The van der Waals surface area contributed by atoms with Gasteiger partial charge in [0.05, 0.1) is 0 Å². The molecule has 1 atom stereocenters. The van der Waals surface area contributed by atoms with Crippen molar-refractivity contribution in [1.82, 2.24) is 10.2 Å². The van der Waals surface area contributed by atoms with E-state index in [4.69, 9.17) is 9.47 Å². The Bertz CT molecular complexity index is 474. The molecule has 0 aromatic heterocycles. The molecule has 0 radical (unpaired) electrons. The fourth-order valence-electron chi connectivity index (χ4n) is 2.88. The lowest BCUT2D eigenvalue weighted by atomic mass is 9.88. The highest BCUT2D eigenvalue weighted by molar-refractivity contribution is 5.45. The van der Waals surface area contributed by atoms with E-state index in [2.05, 4.69) is 56.4 Å². The van der Waals surface area contributed by atoms with Crippen molar-refractivity contribution in [2.24, 2.45) is 5.92 Å². The molecule has 1 aliphatic rings. The van der Waals surface area contributed by atoms with Crippen molar-refractivity contribution in [2.45, 2.75) is 39.0 Å². The number of likely N-dealkylation sites (N-methyl/N-ethyl adjacent to an activating group) is 1. The monoisotopic (exact) mass is 320 g/mol. The zero-order valence-corrected chi connectivity index (χ0v) is 15.1. The number of hydrogen-bond donors (Lipinski definition) is 1. The number of nitrogens with one attached hydrogen (secondary N) is 1. The van der Waals surface area contributed by atoms with Gasteiger partial charge in [-0.15, -0.1) is 0 Å². The van der Waals surface area contributed by atoms with Crippen LogP contribution in [0.15, 0.2) is 18.2 Å². The average Bonchev–Trinajstić information content (AvgIpc) is 2.96. The summed E-state index contributed by atoms with van der Waals surface area (Å²) in [7, 11) is 4.22. The first kappa shape index (κ1) is 18.1. The van der Waals surface area contributed by atoms with Gasteiger partial charge in [0.1, 0.15) is 0 Å². The van der Waals surface area contributed by atoms with Crippen LogP contribution in [0.5, 0.6) is 11.5 Å². The molecule has 0 saturated heterocycles. The molecule has 4 nitrogen and oxygen atoms in total. The van der Waals surface area contributed by atoms with E-state index >= 15 is 0 Å². The summed E-state index contributed by atoms with van der Waals surface area (Å²) in [5, 5.41) is 3.56. The highest BCUT2D eigenvalue weighted by Crippen LogP contribution is 2.36. The third-order valence-corrected chi connectivity index (χ3v) is 4.37. The van der Waals surface area contributed by atoms with Crippen LogP contribution in [0.25, 0.3) is 0 Å². The normalized spacial score (nSPS) is 14.7. The molecule has 130 valence electrons. The molecular formula is C19H32N2O2. The smallest absolute Gasteiger partial charge is 0.231 e. The summed E-state index contributed by atoms with van der Waals surface area (Å²) in [5.41, 5.74) is 1.38. The lowest BCUT2D eigenvalue weighted by Gasteiger charge is -2.20. The van der Waals surface area contributed by atoms with Gasteiger partial charge in [-0.25, -0.2) is 0 Å². The largest absolute Gasteiger partial charge is 0.454 e. The third kappa shape index (κ3) is 6.04. The van der Waals surface area contributed by atoms with Crippen molar-refractivity contribution in [3.8, 4) is 11.5 Å². The minimum atomic E-state index is 0.349. The Labute approximate surface area is 141 Å². The van der Waals surface area contributed by atoms with Gasteiger partial charge in [0.2, 0.25) is 6.79 Å². The third-order valence-electron chi connectivity index (χ3n) is 4.37. The Morgan fingerprint density at radius 2 is 1.83 bits per heavy atom. The van der Waals surface area contributed by atoms with Gasteiger partial charge in [-0.1, -0.05) is 26.3 Å². The summed E-state index contributed by atoms with van der Waals surface area (Å²) < 4.78 is 11.0. The summed E-state index contributed by atoms with van der Waals surface area (Å²) in [6.45, 7) is 8.14. The molecule has 1 N–H and O–H groups in total. The fourth-order valence-corrected chi connectivity index (χ4v) is 2.88. The van der Waals surface area contributed by atoms with E-state index in [0.29, 0.717) is 12.7 Å². The molecule has 1 aromatic rings. The first-order valence-electron chi connectivity index (χ1n) is 8.81. The van der Waals surface area contributed by atoms with E-state index < -0.39 is 0 Å². The summed E-state index contributed by atoms with van der Waals surface area (Å²) >= 11 is 0. The maximum absolute atomic E-state index is 5.54. The maximum Gasteiger partial charge on any atom is 0.231 e. The van der Waals surface area contributed by atoms with Gasteiger partial charge < -0.3 is 19.7 Å². The molecular weight excluding hydrogens is 288 g/mol. The number of rotatable bonds is 10. The van der Waals surface area contributed by atoms with Gasteiger partial charge in [0, 0.05) is 13.1 Å². The highest BCUT2D eigenvalue weighted by atomic mass is 16.7. The van der Waals surface area contributed by atoms with Crippen LogP contribution in [0.2, 0.25) is 0 Å². The van der Waals surface area contributed by atoms with E-state index in [9.17, 15) is 0 Å². The van der Waals surface area contributed by atoms with Gasteiger partial charge in [-0.05, 0) is 63.0 Å². The quantitative estimate of drug-likeness (QED) is 0.669. The Balaban J connectivity index is 1.90. The molecule has 2 rings (SSSR count). The van der Waals surface area contributed by atoms with Gasteiger partial charge in [0.25, 0.3) is 0 Å². The van der Waals surface area contributed by atoms with Crippen molar-refractivity contribution < 1.29 is 9.47 Å². The van der Waals surface area contributed by atoms with Crippen molar-refractivity contribution in [3.05, 3.63) is 23.8 Å². The number of hydrogen-bond acceptors (Lipinski definition) is 4. The van der Waals surface area contributed by atoms with Crippen LogP contribution >= 0.6 is 0 Å². The lowest BCUT2D eigenvalue weighted by Crippen LogP contribution is -2.27. The highest BCUT2D eigenvalue weighted by Gasteiger charge is 2.18. The Morgan fingerprint density at radius 1 is 1.04 bits per heavy atom. The van der Waals surface area contributed by atoms with E-state index in [0.717, 1.165) is 37.1 Å². The van der Waals surface area contributed by atoms with Gasteiger partial charge in [-0.3, -0.25) is 0 Å². The summed E-state index contributed by atoms with van der Waals surface area (Å²) in [4.78, 5) is 2.21. The first-order chi connectivity index (χ1) is 11.1. The second-order valence-corrected chi connectivity index (χ2v) is 7.12. The molecule has 1 heterocycles. The average molecular weight is 320 g/mol. The molecule has 1 aliphatic heterocycles. The Morgan fingerprint density at radius 3 is 2.57 bits per heavy atom. The van der Waals surface area contributed by atoms with Crippen molar-refractivity contribution in [1.29, 1.82) is 0 Å². The zero-order valence-electron chi connectivity index (χ0n) is 15.1. The van der Waals surface area contributed by atoms with Crippen LogP contribution in [0.1, 0.15) is 44.6 Å². The fraction of sp³-hybridized carbons (Fsp3) is 0.684. The predicted octanol–water partition coefficient (Wildman–Crippen LogP) is 3.48. The van der Waals surface area contributed by atoms with Crippen LogP contribution in [-0.2, 0) is 0 Å². The van der Waals surface area contributed by atoms with Crippen molar-refractivity contribution in [2.75, 3.05) is 40.5 Å². The van der Waals surface area contributed by atoms with Crippen LogP contribution in [-0.4, -0.2) is 45.4 Å². The van der Waals surface area contributed by atoms with E-state index in [1.54, 1.807) is 0 Å². The molecule has 23 heavy (non-hydrogen) atoms. The summed E-state index contributed by atoms with van der Waals surface area (Å²) in [6, 6.07) is 6.44. The van der Waals surface area contributed by atoms with Crippen LogP contribution in [0.3, 0.4) is 0 Å². The minimum absolute atomic E-state index is 0.349. The lowest BCUT2D eigenvalue weighted by molar-refractivity contribution is 0.174. The Kier molecular flexibility index (Phi) is 7.18. The summed E-state index contributed by atoms with van der Waals surface area (Å²) in [6.07, 6.45) is 3.66. The number of fused-ring (bicyclic) bond motifs is 1. The molecule has 0 fully saturated rings. The molecule has 0 saturated carbocycles. The SMILES string of the molecule is CC(C)CC[C@@H](CCNCCN(C)C)c1ccc2c(c1)OCO2. The molecule has 0 aliphatic carbocycles. The van der Waals surface area contributed by atoms with Gasteiger partial charge in [0.15, 0.2) is 11.5 Å². The number of nitrogens with zero attached hydrogens (tertiary/aromatic N) is 1. The molecule has 0 amide bonds. The van der Waals surface area contributed by atoms with Gasteiger partial charge in [-0.2, -0.15) is 0 Å². The molecule has 0 spiro atoms. The molecule has 1 aromatic carbocycles. The maximum atomic E-state index is 5.54. The molecule has 0 unspecified atom stereocenters. The number of ether oxygens (including phenoxy) is 2. The molecule has 4 heteroatoms. The van der Waals surface area contributed by atoms with Gasteiger partial charge >= 0.3 is 0 Å². The van der Waals surface area contributed by atoms with E-state index in [1.165, 1.54) is 24.8 Å². The summed E-state index contributed by atoms with van der Waals surface area (Å²) in [5.74, 6) is 3.10. The first-order valence-corrected chi connectivity index (χ1v) is 8.81. The topological polar surface area (TPSA) is 33.7 Å². The van der Waals surface area contributed by atoms with Crippen LogP contribution in [0.4, 0.5) is 0 Å². The van der Waals surface area contributed by atoms with E-state index in [-0.39, 0.29) is 0 Å². The zero-order chi connectivity index (χ0) is 16.7.